The van der Waals surface area contributed by atoms with Gasteiger partial charge in [0.05, 0.1) is 0 Å². The minimum absolute atomic E-state index is 1.06. The molecular weight excluding hydrogens is 210 g/mol. The lowest BCUT2D eigenvalue weighted by atomic mass is 10.2. The summed E-state index contributed by atoms with van der Waals surface area (Å²) in [4.78, 5) is 5.33. The Bertz CT molecular complexity index is 196. The van der Waals surface area contributed by atoms with Gasteiger partial charge >= 0.3 is 0 Å². The maximum atomic E-state index is 3.22. The zero-order valence-corrected chi connectivity index (χ0v) is 11.5. The maximum absolute atomic E-state index is 3.22. The number of unbranched alkanes of at least 4 members (excludes halogenated alkanes) is 2. The van der Waals surface area contributed by atoms with Crippen LogP contribution in [0.3, 0.4) is 0 Å². The molecule has 0 atom stereocenters. The molecule has 1 N–H and O–H groups in total. The zero-order valence-electron chi connectivity index (χ0n) is 11.5. The third-order valence-corrected chi connectivity index (χ3v) is 4.08. The van der Waals surface area contributed by atoms with Crippen molar-refractivity contribution in [3.05, 3.63) is 0 Å². The standard InChI is InChI=1S/C14H29N3/c1-15-7-3-2-4-8-16-9-11-17(12-10-16)13-14-5-6-14/h14-15H,2-13H2,1H3. The molecule has 0 aromatic rings. The van der Waals surface area contributed by atoms with E-state index in [4.69, 9.17) is 0 Å². The number of piperazine rings is 1. The summed E-state index contributed by atoms with van der Waals surface area (Å²) in [7, 11) is 2.04. The number of nitrogens with zero attached hydrogens (tertiary/aromatic N) is 2. The van der Waals surface area contributed by atoms with E-state index < -0.39 is 0 Å². The summed E-state index contributed by atoms with van der Waals surface area (Å²) in [6, 6.07) is 0. The van der Waals surface area contributed by atoms with E-state index in [0.29, 0.717) is 0 Å². The summed E-state index contributed by atoms with van der Waals surface area (Å²) in [5, 5.41) is 3.22. The molecular formula is C14H29N3. The second-order valence-corrected chi connectivity index (χ2v) is 5.75. The second kappa shape index (κ2) is 7.34. The average Bonchev–Trinajstić information content (AvgIpc) is 3.15. The molecule has 0 unspecified atom stereocenters. The van der Waals surface area contributed by atoms with Crippen LogP contribution < -0.4 is 5.32 Å². The highest BCUT2D eigenvalue weighted by molar-refractivity contribution is 4.80. The minimum atomic E-state index is 1.06. The molecule has 1 saturated heterocycles. The Balaban J connectivity index is 1.46. The molecule has 1 aliphatic heterocycles. The van der Waals surface area contributed by atoms with Gasteiger partial charge in [0.2, 0.25) is 0 Å². The largest absolute Gasteiger partial charge is 0.320 e. The molecule has 1 heterocycles. The quantitative estimate of drug-likeness (QED) is 0.646. The van der Waals surface area contributed by atoms with Crippen LogP contribution in [0, 0.1) is 5.92 Å². The van der Waals surface area contributed by atoms with Crippen molar-refractivity contribution in [1.82, 2.24) is 15.1 Å². The van der Waals surface area contributed by atoms with E-state index in [1.54, 1.807) is 0 Å². The van der Waals surface area contributed by atoms with Crippen molar-refractivity contribution in [3.8, 4) is 0 Å². The fraction of sp³-hybridized carbons (Fsp3) is 1.00. The minimum Gasteiger partial charge on any atom is -0.320 e. The summed E-state index contributed by atoms with van der Waals surface area (Å²) < 4.78 is 0. The van der Waals surface area contributed by atoms with E-state index in [0.717, 1.165) is 5.92 Å². The normalized spacial score (nSPS) is 23.1. The van der Waals surface area contributed by atoms with Gasteiger partial charge in [-0.15, -0.1) is 0 Å². The molecule has 3 nitrogen and oxygen atoms in total. The molecule has 2 fully saturated rings. The molecule has 2 aliphatic rings. The lowest BCUT2D eigenvalue weighted by molar-refractivity contribution is 0.127. The molecule has 0 radical (unpaired) electrons. The molecule has 1 aliphatic carbocycles. The van der Waals surface area contributed by atoms with Crippen LogP contribution in [-0.4, -0.2) is 62.7 Å². The van der Waals surface area contributed by atoms with Gasteiger partial charge in [0, 0.05) is 32.7 Å². The van der Waals surface area contributed by atoms with E-state index in [2.05, 4.69) is 15.1 Å². The van der Waals surface area contributed by atoms with Crippen LogP contribution in [0.15, 0.2) is 0 Å². The Labute approximate surface area is 107 Å². The van der Waals surface area contributed by atoms with Crippen LogP contribution in [0.1, 0.15) is 32.1 Å². The fourth-order valence-corrected chi connectivity index (χ4v) is 2.68. The highest BCUT2D eigenvalue weighted by atomic mass is 15.3. The molecule has 17 heavy (non-hydrogen) atoms. The molecule has 1 saturated carbocycles. The van der Waals surface area contributed by atoms with Crippen LogP contribution in [0.4, 0.5) is 0 Å². The topological polar surface area (TPSA) is 18.5 Å². The zero-order chi connectivity index (χ0) is 11.9. The second-order valence-electron chi connectivity index (χ2n) is 5.75. The molecule has 0 amide bonds. The summed E-state index contributed by atoms with van der Waals surface area (Å²) in [5.41, 5.74) is 0. The van der Waals surface area contributed by atoms with Crippen molar-refractivity contribution in [3.63, 3.8) is 0 Å². The lowest BCUT2D eigenvalue weighted by Gasteiger charge is -2.34. The van der Waals surface area contributed by atoms with Gasteiger partial charge in [-0.05, 0) is 51.7 Å². The summed E-state index contributed by atoms with van der Waals surface area (Å²) in [5.74, 6) is 1.06. The van der Waals surface area contributed by atoms with Crippen molar-refractivity contribution in [2.75, 3.05) is 52.9 Å². The van der Waals surface area contributed by atoms with E-state index in [1.165, 1.54) is 77.9 Å². The average molecular weight is 239 g/mol. The summed E-state index contributed by atoms with van der Waals surface area (Å²) >= 11 is 0. The number of rotatable bonds is 8. The SMILES string of the molecule is CNCCCCCN1CCN(CC2CC2)CC1. The van der Waals surface area contributed by atoms with Crippen LogP contribution in [-0.2, 0) is 0 Å². The highest BCUT2D eigenvalue weighted by Gasteiger charge is 2.26. The van der Waals surface area contributed by atoms with Crippen LogP contribution in [0.5, 0.6) is 0 Å². The summed E-state index contributed by atoms with van der Waals surface area (Å²) in [6.07, 6.45) is 7.07. The third kappa shape index (κ3) is 5.36. The van der Waals surface area contributed by atoms with Gasteiger partial charge < -0.3 is 15.1 Å². The molecule has 0 aromatic heterocycles. The van der Waals surface area contributed by atoms with E-state index >= 15 is 0 Å². The van der Waals surface area contributed by atoms with Gasteiger partial charge in [0.15, 0.2) is 0 Å². The third-order valence-electron chi connectivity index (χ3n) is 4.08. The van der Waals surface area contributed by atoms with Crippen molar-refractivity contribution in [1.29, 1.82) is 0 Å². The maximum Gasteiger partial charge on any atom is 0.0110 e. The van der Waals surface area contributed by atoms with E-state index in [-0.39, 0.29) is 0 Å². The Morgan fingerprint density at radius 3 is 2.29 bits per heavy atom. The fourth-order valence-electron chi connectivity index (χ4n) is 2.68. The van der Waals surface area contributed by atoms with E-state index in [9.17, 15) is 0 Å². The number of hydrogen-bond acceptors (Lipinski definition) is 3. The highest BCUT2D eigenvalue weighted by Crippen LogP contribution is 2.29. The van der Waals surface area contributed by atoms with Gasteiger partial charge in [-0.3, -0.25) is 0 Å². The van der Waals surface area contributed by atoms with Gasteiger partial charge in [-0.2, -0.15) is 0 Å². The Kier molecular flexibility index (Phi) is 5.75. The monoisotopic (exact) mass is 239 g/mol. The van der Waals surface area contributed by atoms with Crippen molar-refractivity contribution < 1.29 is 0 Å². The van der Waals surface area contributed by atoms with Gasteiger partial charge in [0.25, 0.3) is 0 Å². The molecule has 2 rings (SSSR count). The van der Waals surface area contributed by atoms with Crippen LogP contribution in [0.25, 0.3) is 0 Å². The van der Waals surface area contributed by atoms with Crippen LogP contribution in [0.2, 0.25) is 0 Å². The number of hydrogen-bond donors (Lipinski definition) is 1. The summed E-state index contributed by atoms with van der Waals surface area (Å²) in [6.45, 7) is 9.11. The molecule has 100 valence electrons. The number of nitrogens with one attached hydrogen (secondary N) is 1. The first-order valence-electron chi connectivity index (χ1n) is 7.48. The first kappa shape index (κ1) is 13.3. The van der Waals surface area contributed by atoms with Crippen molar-refractivity contribution >= 4 is 0 Å². The van der Waals surface area contributed by atoms with Crippen molar-refractivity contribution in [2.45, 2.75) is 32.1 Å². The molecule has 0 bridgehead atoms. The van der Waals surface area contributed by atoms with Gasteiger partial charge in [-0.25, -0.2) is 0 Å². The Hall–Kier alpha value is -0.120. The smallest absolute Gasteiger partial charge is 0.0110 e. The molecule has 0 aromatic carbocycles. The lowest BCUT2D eigenvalue weighted by Crippen LogP contribution is -2.47. The first-order chi connectivity index (χ1) is 8.38. The predicted molar refractivity (Wildman–Crippen MR) is 73.4 cm³/mol. The molecule has 3 heteroatoms. The predicted octanol–water partition coefficient (Wildman–Crippen LogP) is 1.40. The van der Waals surface area contributed by atoms with Crippen LogP contribution >= 0.6 is 0 Å². The van der Waals surface area contributed by atoms with Gasteiger partial charge in [0.1, 0.15) is 0 Å². The van der Waals surface area contributed by atoms with E-state index in [1.807, 2.05) is 7.05 Å². The van der Waals surface area contributed by atoms with Crippen molar-refractivity contribution in [2.24, 2.45) is 5.92 Å². The molecule has 0 spiro atoms. The Morgan fingerprint density at radius 1 is 0.941 bits per heavy atom. The first-order valence-corrected chi connectivity index (χ1v) is 7.48. The Morgan fingerprint density at radius 2 is 1.65 bits per heavy atom. The van der Waals surface area contributed by atoms with Gasteiger partial charge in [-0.1, -0.05) is 6.42 Å².